The maximum atomic E-state index is 11.2. The molecule has 2 heteroatoms. The lowest BCUT2D eigenvalue weighted by atomic mass is 9.73. The summed E-state index contributed by atoms with van der Waals surface area (Å²) in [5.74, 6) is 0.986. The van der Waals surface area contributed by atoms with Crippen LogP contribution in [0.15, 0.2) is 0 Å². The summed E-state index contributed by atoms with van der Waals surface area (Å²) in [5.41, 5.74) is 6.07. The molecule has 16 heavy (non-hydrogen) atoms. The normalized spacial score (nSPS) is 20.8. The highest BCUT2D eigenvalue weighted by Gasteiger charge is 2.27. The molecule has 0 aliphatic heterocycles. The van der Waals surface area contributed by atoms with Crippen molar-refractivity contribution in [2.24, 2.45) is 17.1 Å². The van der Waals surface area contributed by atoms with Gasteiger partial charge in [-0.15, -0.1) is 0 Å². The molecule has 0 aromatic heterocycles. The van der Waals surface area contributed by atoms with Gasteiger partial charge < -0.3 is 5.73 Å². The van der Waals surface area contributed by atoms with E-state index in [4.69, 9.17) is 5.73 Å². The van der Waals surface area contributed by atoms with Crippen molar-refractivity contribution in [1.29, 1.82) is 0 Å². The van der Waals surface area contributed by atoms with Gasteiger partial charge in [-0.2, -0.15) is 0 Å². The van der Waals surface area contributed by atoms with Crippen LogP contribution in [0.4, 0.5) is 0 Å². The zero-order chi connectivity index (χ0) is 12.2. The van der Waals surface area contributed by atoms with Crippen LogP contribution >= 0.6 is 0 Å². The number of rotatable bonds is 5. The van der Waals surface area contributed by atoms with Gasteiger partial charge in [-0.1, -0.05) is 46.0 Å². The van der Waals surface area contributed by atoms with Crippen LogP contribution in [-0.4, -0.2) is 11.8 Å². The smallest absolute Gasteiger partial charge is 0.146 e. The second kappa shape index (κ2) is 5.81. The monoisotopic (exact) mass is 225 g/mol. The molecule has 0 amide bonds. The summed E-state index contributed by atoms with van der Waals surface area (Å²) in [6, 6.07) is -0.265. The van der Waals surface area contributed by atoms with Crippen molar-refractivity contribution in [1.82, 2.24) is 0 Å². The van der Waals surface area contributed by atoms with Crippen LogP contribution in [0.5, 0.6) is 0 Å². The Hall–Kier alpha value is -0.370. The maximum absolute atomic E-state index is 11.2. The van der Waals surface area contributed by atoms with E-state index in [1.165, 1.54) is 38.5 Å². The van der Waals surface area contributed by atoms with Crippen molar-refractivity contribution in [3.8, 4) is 0 Å². The molecule has 0 spiro atoms. The van der Waals surface area contributed by atoms with E-state index in [9.17, 15) is 4.79 Å². The third kappa shape index (κ3) is 4.65. The fourth-order valence-corrected chi connectivity index (χ4v) is 3.00. The minimum Gasteiger partial charge on any atom is -0.322 e. The van der Waals surface area contributed by atoms with E-state index in [1.54, 1.807) is 6.92 Å². The molecule has 1 aliphatic carbocycles. The molecule has 1 saturated carbocycles. The van der Waals surface area contributed by atoms with Gasteiger partial charge in [0.05, 0.1) is 6.04 Å². The van der Waals surface area contributed by atoms with Gasteiger partial charge in [0.1, 0.15) is 5.78 Å². The maximum Gasteiger partial charge on any atom is 0.146 e. The van der Waals surface area contributed by atoms with Crippen LogP contribution in [0.25, 0.3) is 0 Å². The number of carbonyl (C=O) groups excluding carboxylic acids is 1. The lowest BCUT2D eigenvalue weighted by Crippen LogP contribution is -2.34. The first-order valence-electron chi connectivity index (χ1n) is 6.67. The molecule has 1 unspecified atom stereocenters. The van der Waals surface area contributed by atoms with Gasteiger partial charge in [0, 0.05) is 0 Å². The summed E-state index contributed by atoms with van der Waals surface area (Å²) < 4.78 is 0. The zero-order valence-corrected chi connectivity index (χ0v) is 11.1. The molecule has 1 atom stereocenters. The van der Waals surface area contributed by atoms with Crippen LogP contribution in [-0.2, 0) is 4.79 Å². The first kappa shape index (κ1) is 13.7. The summed E-state index contributed by atoms with van der Waals surface area (Å²) >= 11 is 0. The number of carbonyl (C=O) groups is 1. The fraction of sp³-hybridized carbons (Fsp3) is 0.929. The molecule has 0 radical (unpaired) electrons. The van der Waals surface area contributed by atoms with Crippen LogP contribution in [0.1, 0.15) is 65.7 Å². The largest absolute Gasteiger partial charge is 0.322 e. The van der Waals surface area contributed by atoms with Gasteiger partial charge in [0.2, 0.25) is 0 Å². The van der Waals surface area contributed by atoms with Gasteiger partial charge >= 0.3 is 0 Å². The Bertz CT molecular complexity index is 229. The Morgan fingerprint density at radius 2 is 1.88 bits per heavy atom. The van der Waals surface area contributed by atoms with Gasteiger partial charge in [0.25, 0.3) is 0 Å². The molecule has 1 aliphatic rings. The molecule has 0 saturated heterocycles. The molecule has 0 bridgehead atoms. The van der Waals surface area contributed by atoms with Crippen LogP contribution in [0.3, 0.4) is 0 Å². The predicted molar refractivity (Wildman–Crippen MR) is 68.2 cm³/mol. The summed E-state index contributed by atoms with van der Waals surface area (Å²) in [7, 11) is 0. The quantitative estimate of drug-likeness (QED) is 0.780. The highest BCUT2D eigenvalue weighted by atomic mass is 16.1. The molecule has 2 N–H and O–H groups in total. The molecule has 2 nitrogen and oxygen atoms in total. The lowest BCUT2D eigenvalue weighted by molar-refractivity contribution is -0.118. The Labute approximate surface area is 100.0 Å². The number of hydrogen-bond donors (Lipinski definition) is 1. The van der Waals surface area contributed by atoms with E-state index in [1.807, 2.05) is 0 Å². The van der Waals surface area contributed by atoms with Crippen LogP contribution < -0.4 is 5.73 Å². The van der Waals surface area contributed by atoms with Gasteiger partial charge in [0.15, 0.2) is 0 Å². The zero-order valence-electron chi connectivity index (χ0n) is 11.1. The van der Waals surface area contributed by atoms with E-state index in [0.717, 1.165) is 12.3 Å². The standard InChI is InChI=1S/C14H27NO/c1-11(16)13(15)10-14(2,3)9-12-7-5-4-6-8-12/h12-13H,4-10,15H2,1-3H3. The number of nitrogens with two attached hydrogens (primary N) is 1. The average molecular weight is 225 g/mol. The summed E-state index contributed by atoms with van der Waals surface area (Å²) in [5, 5.41) is 0. The minimum atomic E-state index is -0.265. The SMILES string of the molecule is CC(=O)C(N)CC(C)(C)CC1CCCCC1. The van der Waals surface area contributed by atoms with Crippen molar-refractivity contribution in [2.45, 2.75) is 71.8 Å². The van der Waals surface area contributed by atoms with E-state index in [0.29, 0.717) is 0 Å². The van der Waals surface area contributed by atoms with Crippen molar-refractivity contribution in [2.75, 3.05) is 0 Å². The van der Waals surface area contributed by atoms with Gasteiger partial charge in [-0.05, 0) is 31.1 Å². The Morgan fingerprint density at radius 3 is 2.38 bits per heavy atom. The predicted octanol–water partition coefficient (Wildman–Crippen LogP) is 3.29. The first-order valence-corrected chi connectivity index (χ1v) is 6.67. The topological polar surface area (TPSA) is 43.1 Å². The van der Waals surface area contributed by atoms with Crippen molar-refractivity contribution < 1.29 is 4.79 Å². The number of ketones is 1. The fourth-order valence-electron chi connectivity index (χ4n) is 3.00. The molecule has 1 rings (SSSR count). The molecular weight excluding hydrogens is 198 g/mol. The summed E-state index contributed by atoms with van der Waals surface area (Å²) in [6.45, 7) is 6.11. The molecule has 0 aromatic carbocycles. The van der Waals surface area contributed by atoms with Crippen LogP contribution in [0, 0.1) is 11.3 Å². The second-order valence-corrected chi connectivity index (χ2v) is 6.29. The Balaban J connectivity index is 2.40. The second-order valence-electron chi connectivity index (χ2n) is 6.29. The third-order valence-electron chi connectivity index (χ3n) is 3.86. The molecule has 1 fully saturated rings. The molecule has 0 heterocycles. The van der Waals surface area contributed by atoms with Crippen molar-refractivity contribution in [3.05, 3.63) is 0 Å². The molecule has 0 aromatic rings. The minimum absolute atomic E-state index is 0.122. The van der Waals surface area contributed by atoms with E-state index in [2.05, 4.69) is 13.8 Å². The lowest BCUT2D eigenvalue weighted by Gasteiger charge is -2.33. The molecule has 94 valence electrons. The molecular formula is C14H27NO. The third-order valence-corrected chi connectivity index (χ3v) is 3.86. The highest BCUT2D eigenvalue weighted by molar-refractivity contribution is 5.81. The van der Waals surface area contributed by atoms with E-state index < -0.39 is 0 Å². The van der Waals surface area contributed by atoms with Gasteiger partial charge in [-0.25, -0.2) is 0 Å². The summed E-state index contributed by atoms with van der Waals surface area (Å²) in [4.78, 5) is 11.2. The van der Waals surface area contributed by atoms with Crippen molar-refractivity contribution >= 4 is 5.78 Å². The number of Topliss-reactive ketones (excluding diaryl/α,β-unsaturated/α-hetero) is 1. The Morgan fingerprint density at radius 1 is 1.31 bits per heavy atom. The highest BCUT2D eigenvalue weighted by Crippen LogP contribution is 2.36. The van der Waals surface area contributed by atoms with E-state index in [-0.39, 0.29) is 17.2 Å². The number of hydrogen-bond acceptors (Lipinski definition) is 2. The van der Waals surface area contributed by atoms with E-state index >= 15 is 0 Å². The average Bonchev–Trinajstić information content (AvgIpc) is 2.17. The first-order chi connectivity index (χ1) is 7.41. The van der Waals surface area contributed by atoms with Crippen LogP contribution in [0.2, 0.25) is 0 Å². The van der Waals surface area contributed by atoms with Gasteiger partial charge in [-0.3, -0.25) is 4.79 Å². The Kier molecular flexibility index (Phi) is 4.97. The van der Waals surface area contributed by atoms with Crippen molar-refractivity contribution in [3.63, 3.8) is 0 Å². The summed E-state index contributed by atoms with van der Waals surface area (Å²) in [6.07, 6.45) is 8.99.